The predicted octanol–water partition coefficient (Wildman–Crippen LogP) is 2.55. The Balaban J connectivity index is 1.67. The summed E-state index contributed by atoms with van der Waals surface area (Å²) in [6, 6.07) is 7.09. The van der Waals surface area contributed by atoms with Crippen molar-refractivity contribution < 1.29 is 5.11 Å². The van der Waals surface area contributed by atoms with Crippen LogP contribution in [0.3, 0.4) is 0 Å². The van der Waals surface area contributed by atoms with Crippen molar-refractivity contribution in [2.24, 2.45) is 0 Å². The molecule has 2 aliphatic heterocycles. The van der Waals surface area contributed by atoms with E-state index in [4.69, 9.17) is 0 Å². The highest BCUT2D eigenvalue weighted by atomic mass is 16.3. The predicted molar refractivity (Wildman–Crippen MR) is 83.1 cm³/mol. The van der Waals surface area contributed by atoms with Crippen molar-refractivity contribution in [3.8, 4) is 0 Å². The number of rotatable bonds is 3. The van der Waals surface area contributed by atoms with Gasteiger partial charge in [0.2, 0.25) is 0 Å². The van der Waals surface area contributed by atoms with Crippen LogP contribution in [0, 0.1) is 6.92 Å². The summed E-state index contributed by atoms with van der Waals surface area (Å²) < 4.78 is 0. The number of hydrogen-bond acceptors (Lipinski definition) is 3. The lowest BCUT2D eigenvalue weighted by atomic mass is 10.1. The van der Waals surface area contributed by atoms with Crippen LogP contribution in [-0.2, 0) is 6.61 Å². The Hall–Kier alpha value is -1.06. The van der Waals surface area contributed by atoms with Gasteiger partial charge in [0, 0.05) is 24.8 Å². The van der Waals surface area contributed by atoms with Crippen LogP contribution >= 0.6 is 0 Å². The van der Waals surface area contributed by atoms with Crippen molar-refractivity contribution >= 4 is 5.69 Å². The Morgan fingerprint density at radius 1 is 1.15 bits per heavy atom. The van der Waals surface area contributed by atoms with Crippen molar-refractivity contribution in [1.29, 1.82) is 0 Å². The lowest BCUT2D eigenvalue weighted by molar-refractivity contribution is 0.175. The zero-order chi connectivity index (χ0) is 13.9. The molecule has 20 heavy (non-hydrogen) atoms. The molecule has 0 aliphatic carbocycles. The lowest BCUT2D eigenvalue weighted by Crippen LogP contribution is -2.40. The first-order valence-electron chi connectivity index (χ1n) is 7.97. The maximum Gasteiger partial charge on any atom is 0.0681 e. The number of piperidine rings is 1. The summed E-state index contributed by atoms with van der Waals surface area (Å²) in [5.41, 5.74) is 3.65. The largest absolute Gasteiger partial charge is 0.392 e. The molecule has 0 bridgehead atoms. The highest BCUT2D eigenvalue weighted by Crippen LogP contribution is 2.28. The first-order chi connectivity index (χ1) is 9.78. The van der Waals surface area contributed by atoms with E-state index in [1.807, 2.05) is 0 Å². The van der Waals surface area contributed by atoms with Crippen LogP contribution in [0.15, 0.2) is 18.2 Å². The van der Waals surface area contributed by atoms with Gasteiger partial charge in [0.15, 0.2) is 0 Å². The number of aliphatic hydroxyl groups is 1. The van der Waals surface area contributed by atoms with Crippen LogP contribution in [0.5, 0.6) is 0 Å². The van der Waals surface area contributed by atoms with E-state index in [9.17, 15) is 5.11 Å². The molecule has 1 unspecified atom stereocenters. The maximum atomic E-state index is 9.21. The van der Waals surface area contributed by atoms with Crippen molar-refractivity contribution in [3.05, 3.63) is 29.3 Å². The molecule has 2 heterocycles. The van der Waals surface area contributed by atoms with E-state index in [0.29, 0.717) is 0 Å². The fraction of sp³-hybridized carbons (Fsp3) is 0.647. The van der Waals surface area contributed by atoms with Crippen LogP contribution in [0.2, 0.25) is 0 Å². The number of anilines is 1. The molecule has 1 aromatic rings. The molecule has 110 valence electrons. The summed E-state index contributed by atoms with van der Waals surface area (Å²) in [5, 5.41) is 9.21. The molecule has 0 spiro atoms. The molecule has 3 nitrogen and oxygen atoms in total. The number of aryl methyl sites for hydroxylation is 1. The average molecular weight is 274 g/mol. The van der Waals surface area contributed by atoms with Gasteiger partial charge in [0.25, 0.3) is 0 Å². The van der Waals surface area contributed by atoms with E-state index in [1.54, 1.807) is 0 Å². The third-order valence-electron chi connectivity index (χ3n) is 4.85. The lowest BCUT2D eigenvalue weighted by Gasteiger charge is -2.32. The molecule has 1 N–H and O–H groups in total. The molecule has 0 amide bonds. The molecule has 0 saturated carbocycles. The summed E-state index contributed by atoms with van der Waals surface area (Å²) >= 11 is 0. The molecule has 1 aromatic carbocycles. The van der Waals surface area contributed by atoms with Gasteiger partial charge in [0.05, 0.1) is 6.61 Å². The van der Waals surface area contributed by atoms with Gasteiger partial charge in [-0.2, -0.15) is 0 Å². The van der Waals surface area contributed by atoms with E-state index < -0.39 is 0 Å². The van der Waals surface area contributed by atoms with E-state index in [2.05, 4.69) is 34.9 Å². The van der Waals surface area contributed by atoms with Gasteiger partial charge < -0.3 is 10.0 Å². The summed E-state index contributed by atoms with van der Waals surface area (Å²) in [6.07, 6.45) is 5.46. The minimum Gasteiger partial charge on any atom is -0.392 e. The fourth-order valence-electron chi connectivity index (χ4n) is 3.71. The highest BCUT2D eigenvalue weighted by molar-refractivity contribution is 5.55. The number of aliphatic hydroxyl groups excluding tert-OH is 1. The van der Waals surface area contributed by atoms with E-state index in [-0.39, 0.29) is 6.61 Å². The summed E-state index contributed by atoms with van der Waals surface area (Å²) in [7, 11) is 0. The minimum absolute atomic E-state index is 0.136. The van der Waals surface area contributed by atoms with Crippen molar-refractivity contribution in [2.45, 2.75) is 45.3 Å². The topological polar surface area (TPSA) is 26.7 Å². The molecular formula is C17H26N2O. The van der Waals surface area contributed by atoms with Gasteiger partial charge in [0.1, 0.15) is 0 Å². The van der Waals surface area contributed by atoms with Crippen LogP contribution in [0.25, 0.3) is 0 Å². The second-order valence-corrected chi connectivity index (χ2v) is 6.26. The summed E-state index contributed by atoms with van der Waals surface area (Å²) in [4.78, 5) is 5.22. The second-order valence-electron chi connectivity index (χ2n) is 6.26. The number of hydrogen-bond donors (Lipinski definition) is 1. The monoisotopic (exact) mass is 274 g/mol. The zero-order valence-corrected chi connectivity index (χ0v) is 12.5. The van der Waals surface area contributed by atoms with Gasteiger partial charge in [-0.1, -0.05) is 18.6 Å². The molecule has 3 rings (SSSR count). The van der Waals surface area contributed by atoms with Crippen LogP contribution < -0.4 is 4.90 Å². The van der Waals surface area contributed by atoms with Crippen molar-refractivity contribution in [2.75, 3.05) is 31.1 Å². The molecule has 1 atom stereocenters. The number of likely N-dealkylation sites (tertiary alicyclic amines) is 1. The average Bonchev–Trinajstić information content (AvgIpc) is 2.97. The van der Waals surface area contributed by atoms with E-state index >= 15 is 0 Å². The molecule has 2 fully saturated rings. The summed E-state index contributed by atoms with van der Waals surface area (Å²) in [6.45, 7) is 7.21. The molecule has 2 saturated heterocycles. The maximum absolute atomic E-state index is 9.21. The molecule has 0 aromatic heterocycles. The van der Waals surface area contributed by atoms with Gasteiger partial charge in [-0.25, -0.2) is 0 Å². The van der Waals surface area contributed by atoms with Gasteiger partial charge >= 0.3 is 0 Å². The van der Waals surface area contributed by atoms with E-state index in [0.717, 1.165) is 11.6 Å². The Labute approximate surface area is 122 Å². The van der Waals surface area contributed by atoms with Gasteiger partial charge in [-0.05, 0) is 56.5 Å². The summed E-state index contributed by atoms with van der Waals surface area (Å²) in [5.74, 6) is 0. The highest BCUT2D eigenvalue weighted by Gasteiger charge is 2.29. The number of nitrogens with zero attached hydrogens (tertiary/aromatic N) is 2. The third-order valence-corrected chi connectivity index (χ3v) is 4.85. The van der Waals surface area contributed by atoms with Crippen molar-refractivity contribution in [3.63, 3.8) is 0 Å². The quantitative estimate of drug-likeness (QED) is 0.917. The van der Waals surface area contributed by atoms with E-state index in [1.165, 1.54) is 63.1 Å². The zero-order valence-electron chi connectivity index (χ0n) is 12.5. The van der Waals surface area contributed by atoms with Crippen LogP contribution in [0.4, 0.5) is 5.69 Å². The third kappa shape index (κ3) is 2.84. The standard InChI is InChI=1S/C17H26N2O/c1-14-11-15(13-20)5-6-17(14)19-10-7-16(12-19)18-8-3-2-4-9-18/h5-6,11,16,20H,2-4,7-10,12-13H2,1H3. The second kappa shape index (κ2) is 6.15. The van der Waals surface area contributed by atoms with Crippen molar-refractivity contribution in [1.82, 2.24) is 4.90 Å². The minimum atomic E-state index is 0.136. The SMILES string of the molecule is Cc1cc(CO)ccc1N1CCC(N2CCCCC2)C1. The first kappa shape index (κ1) is 13.9. The van der Waals surface area contributed by atoms with Gasteiger partial charge in [-0.15, -0.1) is 0 Å². The smallest absolute Gasteiger partial charge is 0.0681 e. The van der Waals surface area contributed by atoms with Crippen LogP contribution in [-0.4, -0.2) is 42.2 Å². The Morgan fingerprint density at radius 2 is 1.95 bits per heavy atom. The molecule has 3 heteroatoms. The normalized spacial score (nSPS) is 24.3. The number of benzene rings is 1. The van der Waals surface area contributed by atoms with Gasteiger partial charge in [-0.3, -0.25) is 4.90 Å². The molecule has 2 aliphatic rings. The fourth-order valence-corrected chi connectivity index (χ4v) is 3.71. The Bertz CT molecular complexity index is 454. The molecule has 0 radical (unpaired) electrons. The Kier molecular flexibility index (Phi) is 4.27. The van der Waals surface area contributed by atoms with Crippen LogP contribution in [0.1, 0.15) is 36.8 Å². The molecular weight excluding hydrogens is 248 g/mol. The first-order valence-corrected chi connectivity index (χ1v) is 7.97. The Morgan fingerprint density at radius 3 is 2.65 bits per heavy atom.